The van der Waals surface area contributed by atoms with Crippen LogP contribution in [0.15, 0.2) is 17.2 Å². The first kappa shape index (κ1) is 9.73. The van der Waals surface area contributed by atoms with Crippen LogP contribution < -0.4 is 16.6 Å². The second kappa shape index (κ2) is 4.04. The molecule has 3 N–H and O–H groups in total. The van der Waals surface area contributed by atoms with Gasteiger partial charge in [-0.2, -0.15) is 0 Å². The van der Waals surface area contributed by atoms with E-state index in [4.69, 9.17) is 5.73 Å². The minimum absolute atomic E-state index is 0.0580. The monoisotopic (exact) mass is 182 g/mol. The van der Waals surface area contributed by atoms with Crippen molar-refractivity contribution in [1.29, 1.82) is 0 Å². The van der Waals surface area contributed by atoms with E-state index in [1.165, 1.54) is 4.57 Å². The van der Waals surface area contributed by atoms with Crippen molar-refractivity contribution >= 4 is 5.82 Å². The van der Waals surface area contributed by atoms with Crippen molar-refractivity contribution in [2.75, 3.05) is 11.9 Å². The highest BCUT2D eigenvalue weighted by molar-refractivity contribution is 5.31. The van der Waals surface area contributed by atoms with Crippen LogP contribution in [0.2, 0.25) is 0 Å². The molecule has 1 unspecified atom stereocenters. The van der Waals surface area contributed by atoms with E-state index < -0.39 is 0 Å². The van der Waals surface area contributed by atoms with Crippen molar-refractivity contribution in [2.45, 2.75) is 13.0 Å². The number of anilines is 1. The van der Waals surface area contributed by atoms with E-state index >= 15 is 0 Å². The van der Waals surface area contributed by atoms with E-state index in [-0.39, 0.29) is 11.6 Å². The predicted octanol–water partition coefficient (Wildman–Crippen LogP) is -0.461. The summed E-state index contributed by atoms with van der Waals surface area (Å²) in [5, 5.41) is 2.93. The van der Waals surface area contributed by atoms with Gasteiger partial charge in [-0.05, 0) is 6.92 Å². The van der Waals surface area contributed by atoms with Gasteiger partial charge in [0.15, 0.2) is 5.82 Å². The van der Waals surface area contributed by atoms with Gasteiger partial charge >= 0.3 is 0 Å². The number of nitrogens with zero attached hydrogens (tertiary/aromatic N) is 2. The molecule has 0 bridgehead atoms. The minimum Gasteiger partial charge on any atom is -0.362 e. The number of hydrogen-bond donors (Lipinski definition) is 2. The molecule has 1 aromatic heterocycles. The Morgan fingerprint density at radius 3 is 3.08 bits per heavy atom. The molecule has 5 nitrogen and oxygen atoms in total. The molecule has 0 aliphatic rings. The average molecular weight is 182 g/mol. The lowest BCUT2D eigenvalue weighted by atomic mass is 10.3. The third-order valence-electron chi connectivity index (χ3n) is 1.75. The van der Waals surface area contributed by atoms with Gasteiger partial charge in [0.1, 0.15) is 0 Å². The maximum Gasteiger partial charge on any atom is 0.293 e. The predicted molar refractivity (Wildman–Crippen MR) is 51.6 cm³/mol. The highest BCUT2D eigenvalue weighted by Crippen LogP contribution is 1.94. The number of hydrogen-bond acceptors (Lipinski definition) is 4. The Labute approximate surface area is 76.6 Å². The molecule has 1 atom stereocenters. The molecule has 0 amide bonds. The lowest BCUT2D eigenvalue weighted by Gasteiger charge is -2.11. The van der Waals surface area contributed by atoms with Crippen molar-refractivity contribution < 1.29 is 0 Å². The maximum absolute atomic E-state index is 11.4. The third-order valence-corrected chi connectivity index (χ3v) is 1.75. The molecule has 1 heterocycles. The molecule has 0 aliphatic carbocycles. The second-order valence-electron chi connectivity index (χ2n) is 2.97. The van der Waals surface area contributed by atoms with Crippen LogP contribution in [0.4, 0.5) is 5.82 Å². The topological polar surface area (TPSA) is 72.9 Å². The largest absolute Gasteiger partial charge is 0.362 e. The zero-order valence-electron chi connectivity index (χ0n) is 7.82. The molecule has 13 heavy (non-hydrogen) atoms. The Morgan fingerprint density at radius 1 is 1.77 bits per heavy atom. The number of aryl methyl sites for hydroxylation is 1. The summed E-state index contributed by atoms with van der Waals surface area (Å²) in [5.41, 5.74) is 5.27. The SMILES string of the molecule is CC(CN)Nc1nccn(C)c1=O. The summed E-state index contributed by atoms with van der Waals surface area (Å²) in [7, 11) is 1.68. The summed E-state index contributed by atoms with van der Waals surface area (Å²) >= 11 is 0. The Balaban J connectivity index is 2.89. The molecular weight excluding hydrogens is 168 g/mol. The van der Waals surface area contributed by atoms with Gasteiger partial charge in [-0.1, -0.05) is 0 Å². The summed E-state index contributed by atoms with van der Waals surface area (Å²) in [6.45, 7) is 2.37. The number of nitrogens with one attached hydrogen (secondary N) is 1. The van der Waals surface area contributed by atoms with Crippen molar-refractivity contribution in [3.63, 3.8) is 0 Å². The maximum atomic E-state index is 11.4. The lowest BCUT2D eigenvalue weighted by Crippen LogP contribution is -2.30. The van der Waals surface area contributed by atoms with Crippen molar-refractivity contribution in [3.8, 4) is 0 Å². The highest BCUT2D eigenvalue weighted by atomic mass is 16.1. The van der Waals surface area contributed by atoms with Gasteiger partial charge in [0, 0.05) is 32.0 Å². The second-order valence-corrected chi connectivity index (χ2v) is 2.97. The summed E-state index contributed by atoms with van der Waals surface area (Å²) in [5.74, 6) is 0.350. The molecule has 0 spiro atoms. The van der Waals surface area contributed by atoms with Crippen LogP contribution in [-0.2, 0) is 7.05 Å². The van der Waals surface area contributed by atoms with E-state index in [0.29, 0.717) is 12.4 Å². The molecule has 0 aromatic carbocycles. The Hall–Kier alpha value is -1.36. The Bertz CT molecular complexity index is 333. The van der Waals surface area contributed by atoms with E-state index in [9.17, 15) is 4.79 Å². The summed E-state index contributed by atoms with van der Waals surface area (Å²) in [6.07, 6.45) is 3.19. The molecule has 0 radical (unpaired) electrons. The summed E-state index contributed by atoms with van der Waals surface area (Å²) in [6, 6.07) is 0.0580. The van der Waals surface area contributed by atoms with Crippen LogP contribution in [0.3, 0.4) is 0 Å². The van der Waals surface area contributed by atoms with Crippen LogP contribution in [0.25, 0.3) is 0 Å². The van der Waals surface area contributed by atoms with Gasteiger partial charge in [0.05, 0.1) is 0 Å². The molecular formula is C8H14N4O. The smallest absolute Gasteiger partial charge is 0.293 e. The standard InChI is InChI=1S/C8H14N4O/c1-6(5-9)11-7-8(13)12(2)4-3-10-7/h3-4,6H,5,9H2,1-2H3,(H,10,11). The Kier molecular flexibility index (Phi) is 3.02. The molecule has 1 rings (SSSR count). The number of aromatic nitrogens is 2. The fourth-order valence-electron chi connectivity index (χ4n) is 0.889. The van der Waals surface area contributed by atoms with Crippen molar-refractivity contribution in [3.05, 3.63) is 22.7 Å². The van der Waals surface area contributed by atoms with E-state index in [1.54, 1.807) is 19.4 Å². The molecule has 5 heteroatoms. The van der Waals surface area contributed by atoms with Crippen molar-refractivity contribution in [1.82, 2.24) is 9.55 Å². The normalized spacial score (nSPS) is 12.5. The van der Waals surface area contributed by atoms with E-state index in [0.717, 1.165) is 0 Å². The highest BCUT2D eigenvalue weighted by Gasteiger charge is 2.04. The molecule has 72 valence electrons. The van der Waals surface area contributed by atoms with Crippen LogP contribution in [0.5, 0.6) is 0 Å². The lowest BCUT2D eigenvalue weighted by molar-refractivity contribution is 0.777. The Morgan fingerprint density at radius 2 is 2.46 bits per heavy atom. The van der Waals surface area contributed by atoms with Gasteiger partial charge in [-0.3, -0.25) is 4.79 Å². The number of rotatable bonds is 3. The first-order valence-electron chi connectivity index (χ1n) is 4.13. The van der Waals surface area contributed by atoms with Gasteiger partial charge in [-0.15, -0.1) is 0 Å². The van der Waals surface area contributed by atoms with Crippen LogP contribution in [0.1, 0.15) is 6.92 Å². The zero-order valence-corrected chi connectivity index (χ0v) is 7.82. The summed E-state index contributed by atoms with van der Waals surface area (Å²) < 4.78 is 1.47. The van der Waals surface area contributed by atoms with E-state index in [2.05, 4.69) is 10.3 Å². The fourth-order valence-corrected chi connectivity index (χ4v) is 0.889. The molecule has 0 saturated heterocycles. The quantitative estimate of drug-likeness (QED) is 0.663. The van der Waals surface area contributed by atoms with Gasteiger partial charge < -0.3 is 15.6 Å². The molecule has 0 saturated carbocycles. The molecule has 0 aliphatic heterocycles. The van der Waals surface area contributed by atoms with Crippen LogP contribution in [0, 0.1) is 0 Å². The number of nitrogens with two attached hydrogens (primary N) is 1. The minimum atomic E-state index is -0.136. The van der Waals surface area contributed by atoms with Gasteiger partial charge in [0.25, 0.3) is 5.56 Å². The molecule has 1 aromatic rings. The van der Waals surface area contributed by atoms with E-state index in [1.807, 2.05) is 6.92 Å². The van der Waals surface area contributed by atoms with Crippen LogP contribution >= 0.6 is 0 Å². The van der Waals surface area contributed by atoms with Crippen molar-refractivity contribution in [2.24, 2.45) is 12.8 Å². The van der Waals surface area contributed by atoms with Gasteiger partial charge in [0.2, 0.25) is 0 Å². The molecule has 0 fully saturated rings. The summed E-state index contributed by atoms with van der Waals surface area (Å²) in [4.78, 5) is 15.3. The third kappa shape index (κ3) is 2.29. The van der Waals surface area contributed by atoms with Crippen LogP contribution in [-0.4, -0.2) is 22.1 Å². The fraction of sp³-hybridized carbons (Fsp3) is 0.500. The van der Waals surface area contributed by atoms with Gasteiger partial charge in [-0.25, -0.2) is 4.98 Å². The first-order valence-corrected chi connectivity index (χ1v) is 4.13. The average Bonchev–Trinajstić information content (AvgIpc) is 2.13. The zero-order chi connectivity index (χ0) is 9.84. The first-order chi connectivity index (χ1) is 6.15.